The van der Waals surface area contributed by atoms with E-state index in [1.807, 2.05) is 24.4 Å². The molecule has 1 N–H and O–H groups in total. The molecule has 1 aromatic carbocycles. The molecule has 0 amide bonds. The Labute approximate surface area is 118 Å². The molecule has 0 unspecified atom stereocenters. The van der Waals surface area contributed by atoms with Crippen LogP contribution in [0.5, 0.6) is 0 Å². The van der Waals surface area contributed by atoms with Gasteiger partial charge in [0.1, 0.15) is 0 Å². The molecule has 0 aliphatic rings. The zero-order valence-electron chi connectivity index (χ0n) is 10.2. The molecule has 3 aromatic rings. The van der Waals surface area contributed by atoms with Gasteiger partial charge in [0.2, 0.25) is 10.8 Å². The van der Waals surface area contributed by atoms with Crippen molar-refractivity contribution in [3.63, 3.8) is 0 Å². The van der Waals surface area contributed by atoms with Gasteiger partial charge in [-0.15, -0.1) is 5.10 Å². The van der Waals surface area contributed by atoms with Crippen LogP contribution in [0.2, 0.25) is 0 Å². The SMILES string of the molecule is O=[N+]([O-])c1ccc(-c2nc(=S)c3cccc[n+]3[nH]2)cc1. The summed E-state index contributed by atoms with van der Waals surface area (Å²) in [6.07, 6.45) is 1.84. The summed E-state index contributed by atoms with van der Waals surface area (Å²) in [5.74, 6) is 0.564. The van der Waals surface area contributed by atoms with E-state index in [2.05, 4.69) is 10.1 Å². The zero-order chi connectivity index (χ0) is 14.1. The van der Waals surface area contributed by atoms with Crippen LogP contribution < -0.4 is 4.52 Å². The largest absolute Gasteiger partial charge is 0.272 e. The zero-order valence-corrected chi connectivity index (χ0v) is 11.0. The summed E-state index contributed by atoms with van der Waals surface area (Å²) in [5.41, 5.74) is 1.58. The summed E-state index contributed by atoms with van der Waals surface area (Å²) in [7, 11) is 0. The number of aromatic nitrogens is 3. The average Bonchev–Trinajstić information content (AvgIpc) is 2.47. The summed E-state index contributed by atoms with van der Waals surface area (Å²) in [6, 6.07) is 11.8. The van der Waals surface area contributed by atoms with E-state index in [1.54, 1.807) is 16.6 Å². The number of hydrogen-bond acceptors (Lipinski definition) is 4. The Morgan fingerprint density at radius 2 is 1.95 bits per heavy atom. The van der Waals surface area contributed by atoms with Crippen molar-refractivity contribution in [1.29, 1.82) is 0 Å². The van der Waals surface area contributed by atoms with Gasteiger partial charge in [0.15, 0.2) is 5.82 Å². The molecule has 0 radical (unpaired) electrons. The monoisotopic (exact) mass is 285 g/mol. The number of rotatable bonds is 2. The van der Waals surface area contributed by atoms with E-state index in [-0.39, 0.29) is 5.69 Å². The number of fused-ring (bicyclic) bond motifs is 1. The first-order valence-corrected chi connectivity index (χ1v) is 6.21. The number of nitrogens with one attached hydrogen (secondary N) is 1. The summed E-state index contributed by atoms with van der Waals surface area (Å²) in [6.45, 7) is 0. The lowest BCUT2D eigenvalue weighted by atomic mass is 10.2. The number of nitro groups is 1. The van der Waals surface area contributed by atoms with Crippen molar-refractivity contribution in [2.75, 3.05) is 0 Å². The van der Waals surface area contributed by atoms with Gasteiger partial charge < -0.3 is 0 Å². The Bertz CT molecular complexity index is 858. The Kier molecular flexibility index (Phi) is 2.96. The maximum Gasteiger partial charge on any atom is 0.272 e. The molecule has 0 spiro atoms. The predicted molar refractivity (Wildman–Crippen MR) is 74.7 cm³/mol. The fourth-order valence-electron chi connectivity index (χ4n) is 1.88. The summed E-state index contributed by atoms with van der Waals surface area (Å²) >= 11 is 5.25. The van der Waals surface area contributed by atoms with Gasteiger partial charge in [0.25, 0.3) is 11.2 Å². The van der Waals surface area contributed by atoms with Gasteiger partial charge in [-0.1, -0.05) is 16.7 Å². The topological polar surface area (TPSA) is 75.9 Å². The third kappa shape index (κ3) is 2.14. The van der Waals surface area contributed by atoms with Crippen molar-refractivity contribution < 1.29 is 9.44 Å². The van der Waals surface area contributed by atoms with Crippen LogP contribution in [0.1, 0.15) is 0 Å². The van der Waals surface area contributed by atoms with E-state index in [1.165, 1.54) is 12.1 Å². The minimum Gasteiger partial charge on any atom is -0.258 e. The molecule has 7 heteroatoms. The average molecular weight is 285 g/mol. The van der Waals surface area contributed by atoms with Crippen molar-refractivity contribution in [1.82, 2.24) is 10.1 Å². The molecule has 2 heterocycles. The van der Waals surface area contributed by atoms with E-state index in [9.17, 15) is 10.1 Å². The summed E-state index contributed by atoms with van der Waals surface area (Å²) < 4.78 is 2.24. The molecule has 0 aliphatic carbocycles. The van der Waals surface area contributed by atoms with Crippen molar-refractivity contribution in [2.45, 2.75) is 0 Å². The third-order valence-corrected chi connectivity index (χ3v) is 3.17. The molecule has 3 rings (SSSR count). The fourth-order valence-corrected chi connectivity index (χ4v) is 2.14. The molecule has 0 atom stereocenters. The van der Waals surface area contributed by atoms with Gasteiger partial charge in [-0.05, 0) is 18.2 Å². The Morgan fingerprint density at radius 1 is 1.20 bits per heavy atom. The second-order valence-corrected chi connectivity index (χ2v) is 4.52. The Morgan fingerprint density at radius 3 is 2.65 bits per heavy atom. The van der Waals surface area contributed by atoms with E-state index < -0.39 is 4.92 Å². The van der Waals surface area contributed by atoms with Crippen LogP contribution in [-0.4, -0.2) is 15.0 Å². The second kappa shape index (κ2) is 4.78. The van der Waals surface area contributed by atoms with Gasteiger partial charge in [-0.3, -0.25) is 10.1 Å². The van der Waals surface area contributed by atoms with Crippen LogP contribution in [0, 0.1) is 14.8 Å². The number of benzene rings is 1. The first-order chi connectivity index (χ1) is 9.65. The maximum atomic E-state index is 10.6. The molecule has 0 aliphatic heterocycles. The highest BCUT2D eigenvalue weighted by Crippen LogP contribution is 2.18. The van der Waals surface area contributed by atoms with Gasteiger partial charge in [0.05, 0.1) is 4.92 Å². The van der Waals surface area contributed by atoms with Crippen LogP contribution in [0.25, 0.3) is 16.9 Å². The molecule has 98 valence electrons. The van der Waals surface area contributed by atoms with Crippen molar-refractivity contribution in [3.8, 4) is 11.4 Å². The minimum absolute atomic E-state index is 0.0424. The van der Waals surface area contributed by atoms with Crippen molar-refractivity contribution in [2.24, 2.45) is 0 Å². The number of nitrogens with zero attached hydrogens (tertiary/aromatic N) is 3. The summed E-state index contributed by atoms with van der Waals surface area (Å²) in [4.78, 5) is 14.5. The number of non-ortho nitro benzene ring substituents is 1. The quantitative estimate of drug-likeness (QED) is 0.339. The predicted octanol–water partition coefficient (Wildman–Crippen LogP) is 2.45. The first kappa shape index (κ1) is 12.4. The number of pyridine rings is 1. The molecule has 0 saturated heterocycles. The molecule has 0 fully saturated rings. The number of H-pyrrole nitrogens is 1. The molecule has 20 heavy (non-hydrogen) atoms. The van der Waals surface area contributed by atoms with Crippen LogP contribution in [0.4, 0.5) is 5.69 Å². The Hall–Kier alpha value is -2.67. The number of aromatic amines is 1. The van der Waals surface area contributed by atoms with Gasteiger partial charge in [-0.25, -0.2) is 4.98 Å². The fraction of sp³-hybridized carbons (Fsp3) is 0. The van der Waals surface area contributed by atoms with Gasteiger partial charge in [0, 0.05) is 29.8 Å². The lowest BCUT2D eigenvalue weighted by Gasteiger charge is -1.99. The van der Waals surface area contributed by atoms with Crippen molar-refractivity contribution in [3.05, 3.63) is 63.4 Å². The second-order valence-electron chi connectivity index (χ2n) is 4.14. The summed E-state index contributed by atoms with van der Waals surface area (Å²) in [5, 5.41) is 13.7. The van der Waals surface area contributed by atoms with E-state index in [0.29, 0.717) is 10.5 Å². The highest BCUT2D eigenvalue weighted by atomic mass is 32.1. The molecule has 0 bridgehead atoms. The standard InChI is InChI=1S/C13H8N4O2S/c18-17(19)10-6-4-9(5-7-10)12-14-13(20)11-3-1-2-8-16(11)15-12/h1-8H/p+1. The van der Waals surface area contributed by atoms with Crippen molar-refractivity contribution >= 4 is 23.4 Å². The number of nitro benzene ring substituents is 1. The maximum absolute atomic E-state index is 10.6. The van der Waals surface area contributed by atoms with Gasteiger partial charge >= 0.3 is 0 Å². The normalized spacial score (nSPS) is 10.6. The van der Waals surface area contributed by atoms with Gasteiger partial charge in [-0.2, -0.15) is 0 Å². The van der Waals surface area contributed by atoms with Crippen LogP contribution in [0.15, 0.2) is 48.7 Å². The first-order valence-electron chi connectivity index (χ1n) is 5.81. The van der Waals surface area contributed by atoms with Crippen LogP contribution in [0.3, 0.4) is 0 Å². The van der Waals surface area contributed by atoms with Crippen LogP contribution >= 0.6 is 12.2 Å². The molecular weight excluding hydrogens is 276 g/mol. The van der Waals surface area contributed by atoms with E-state index in [4.69, 9.17) is 12.2 Å². The minimum atomic E-state index is -0.436. The van der Waals surface area contributed by atoms with Crippen LogP contribution in [-0.2, 0) is 0 Å². The third-order valence-electron chi connectivity index (χ3n) is 2.87. The lowest BCUT2D eigenvalue weighted by molar-refractivity contribution is -0.580. The van der Waals surface area contributed by atoms with E-state index >= 15 is 0 Å². The molecule has 2 aromatic heterocycles. The van der Waals surface area contributed by atoms with E-state index in [0.717, 1.165) is 11.1 Å². The smallest absolute Gasteiger partial charge is 0.258 e. The molecule has 6 nitrogen and oxygen atoms in total. The molecular formula is C13H9N4O2S+. The highest BCUT2D eigenvalue weighted by Gasteiger charge is 2.11. The lowest BCUT2D eigenvalue weighted by Crippen LogP contribution is -2.27. The Balaban J connectivity index is 2.14. The molecule has 0 saturated carbocycles. The number of hydrogen-bond donors (Lipinski definition) is 1. The highest BCUT2D eigenvalue weighted by molar-refractivity contribution is 7.71.